The fourth-order valence-corrected chi connectivity index (χ4v) is 3.81. The lowest BCUT2D eigenvalue weighted by atomic mass is 10.1. The number of nitrogens with one attached hydrogen (secondary N) is 1. The monoisotopic (exact) mass is 474 g/mol. The van der Waals surface area contributed by atoms with Crippen molar-refractivity contribution in [1.29, 1.82) is 0 Å². The molecule has 1 atom stereocenters. The Balaban J connectivity index is 1.56. The molecule has 2 heterocycles. The minimum atomic E-state index is -4.53. The molecule has 1 fully saturated rings. The highest BCUT2D eigenvalue weighted by Gasteiger charge is 2.49. The van der Waals surface area contributed by atoms with Gasteiger partial charge < -0.3 is 10.2 Å². The molecule has 180 valence electrons. The highest BCUT2D eigenvalue weighted by molar-refractivity contribution is 6.00. The lowest BCUT2D eigenvalue weighted by Gasteiger charge is -2.24. The molecule has 1 N–H and O–H groups in total. The van der Waals surface area contributed by atoms with Gasteiger partial charge in [-0.3, -0.25) is 14.5 Å². The number of rotatable bonds is 9. The number of carbonyl (C=O) groups is 2. The molecule has 0 saturated heterocycles. The molecule has 0 bridgehead atoms. The molecular weight excluding hydrogens is 449 g/mol. The SMILES string of the molecule is Cc1cc(N(C=O)CCN(C)c2ccccc2)nc2c(C(=O)NC(C3CC3)C(F)(F)F)cnn12. The van der Waals surface area contributed by atoms with Crippen LogP contribution in [0, 0.1) is 12.8 Å². The fourth-order valence-electron chi connectivity index (χ4n) is 3.81. The van der Waals surface area contributed by atoms with Gasteiger partial charge in [0.05, 0.1) is 6.20 Å². The zero-order valence-corrected chi connectivity index (χ0v) is 18.8. The van der Waals surface area contributed by atoms with E-state index in [-0.39, 0.29) is 17.0 Å². The predicted octanol–water partition coefficient (Wildman–Crippen LogP) is 3.21. The van der Waals surface area contributed by atoms with Crippen molar-refractivity contribution in [1.82, 2.24) is 19.9 Å². The number of halogens is 3. The van der Waals surface area contributed by atoms with Crippen molar-refractivity contribution in [3.05, 3.63) is 53.9 Å². The Kier molecular flexibility index (Phi) is 6.45. The fraction of sp³-hybridized carbons (Fsp3) is 0.391. The van der Waals surface area contributed by atoms with Gasteiger partial charge in [-0.1, -0.05) is 18.2 Å². The second-order valence-electron chi connectivity index (χ2n) is 8.44. The number of amides is 2. The number of carbonyl (C=O) groups excluding carboxylic acids is 2. The van der Waals surface area contributed by atoms with Crippen LogP contribution >= 0.6 is 0 Å². The van der Waals surface area contributed by atoms with E-state index in [1.54, 1.807) is 13.0 Å². The summed E-state index contributed by atoms with van der Waals surface area (Å²) in [5.74, 6) is -1.22. The molecule has 1 aromatic carbocycles. The van der Waals surface area contributed by atoms with Crippen LogP contribution < -0.4 is 15.1 Å². The van der Waals surface area contributed by atoms with Crippen LogP contribution in [0.5, 0.6) is 0 Å². The Labute approximate surface area is 194 Å². The number of aryl methyl sites for hydroxylation is 1. The smallest absolute Gasteiger partial charge is 0.373 e. The van der Waals surface area contributed by atoms with Crippen molar-refractivity contribution in [2.24, 2.45) is 5.92 Å². The molecule has 4 rings (SSSR count). The van der Waals surface area contributed by atoms with Gasteiger partial charge in [0.1, 0.15) is 17.4 Å². The van der Waals surface area contributed by atoms with Gasteiger partial charge in [-0.25, -0.2) is 9.50 Å². The summed E-state index contributed by atoms with van der Waals surface area (Å²) in [5.41, 5.74) is 1.58. The van der Waals surface area contributed by atoms with E-state index in [2.05, 4.69) is 15.4 Å². The molecule has 0 radical (unpaired) electrons. The van der Waals surface area contributed by atoms with Gasteiger partial charge in [0.25, 0.3) is 5.91 Å². The molecular formula is C23H25F3N6O2. The van der Waals surface area contributed by atoms with Crippen LogP contribution in [-0.2, 0) is 4.79 Å². The number of alkyl halides is 3. The lowest BCUT2D eigenvalue weighted by molar-refractivity contribution is -0.158. The predicted molar refractivity (Wildman–Crippen MR) is 121 cm³/mol. The Bertz CT molecular complexity index is 1180. The van der Waals surface area contributed by atoms with Crippen molar-refractivity contribution in [2.75, 3.05) is 29.9 Å². The molecule has 0 aliphatic heterocycles. The van der Waals surface area contributed by atoms with Crippen molar-refractivity contribution in [3.63, 3.8) is 0 Å². The first-order valence-electron chi connectivity index (χ1n) is 10.9. The topological polar surface area (TPSA) is 82.8 Å². The zero-order chi connectivity index (χ0) is 24.5. The minimum Gasteiger partial charge on any atom is -0.373 e. The molecule has 0 spiro atoms. The summed E-state index contributed by atoms with van der Waals surface area (Å²) in [6.45, 7) is 2.54. The van der Waals surface area contributed by atoms with Crippen LogP contribution in [0.2, 0.25) is 0 Å². The lowest BCUT2D eigenvalue weighted by Crippen LogP contribution is -2.46. The van der Waals surface area contributed by atoms with Crippen molar-refractivity contribution >= 4 is 29.5 Å². The third kappa shape index (κ3) is 4.97. The van der Waals surface area contributed by atoms with Gasteiger partial charge >= 0.3 is 6.18 Å². The van der Waals surface area contributed by atoms with Gasteiger partial charge in [-0.2, -0.15) is 18.3 Å². The average molecular weight is 474 g/mol. The molecule has 3 aromatic rings. The highest BCUT2D eigenvalue weighted by Crippen LogP contribution is 2.40. The quantitative estimate of drug-likeness (QED) is 0.482. The number of fused-ring (bicyclic) bond motifs is 1. The Morgan fingerprint density at radius 2 is 1.97 bits per heavy atom. The van der Waals surface area contributed by atoms with Crippen LogP contribution in [0.15, 0.2) is 42.6 Å². The molecule has 1 saturated carbocycles. The highest BCUT2D eigenvalue weighted by atomic mass is 19.4. The molecule has 8 nitrogen and oxygen atoms in total. The Morgan fingerprint density at radius 3 is 2.59 bits per heavy atom. The summed E-state index contributed by atoms with van der Waals surface area (Å²) < 4.78 is 41.5. The number of nitrogens with zero attached hydrogens (tertiary/aromatic N) is 5. The van der Waals surface area contributed by atoms with Gasteiger partial charge in [0.15, 0.2) is 5.65 Å². The molecule has 2 amide bonds. The number of para-hydroxylation sites is 1. The molecule has 1 aliphatic rings. The Hall–Kier alpha value is -3.63. The van der Waals surface area contributed by atoms with Crippen molar-refractivity contribution in [3.8, 4) is 0 Å². The first kappa shape index (κ1) is 23.5. The van der Waals surface area contributed by atoms with Gasteiger partial charge in [-0.05, 0) is 37.8 Å². The van der Waals surface area contributed by atoms with Crippen LogP contribution in [0.3, 0.4) is 0 Å². The number of aromatic nitrogens is 3. The maximum absolute atomic E-state index is 13.4. The third-order valence-corrected chi connectivity index (χ3v) is 5.91. The van der Waals surface area contributed by atoms with E-state index in [0.717, 1.165) is 5.69 Å². The number of benzene rings is 1. The molecule has 1 aliphatic carbocycles. The first-order valence-corrected chi connectivity index (χ1v) is 10.9. The van der Waals surface area contributed by atoms with Crippen LogP contribution in [0.1, 0.15) is 28.9 Å². The standard InChI is InChI=1S/C23H25F3N6O2/c1-15-12-19(31(14-33)11-10-30(2)17-6-4-3-5-7-17)28-21-18(13-27-32(15)21)22(34)29-20(16-8-9-16)23(24,25)26/h3-7,12-14,16,20H,8-11H2,1-2H3,(H,29,34). The largest absolute Gasteiger partial charge is 0.408 e. The van der Waals surface area contributed by atoms with E-state index < -0.39 is 24.0 Å². The summed E-state index contributed by atoms with van der Waals surface area (Å²) in [4.78, 5) is 32.4. The maximum Gasteiger partial charge on any atom is 0.408 e. The van der Waals surface area contributed by atoms with Crippen LogP contribution in [-0.4, -0.2) is 59.3 Å². The summed E-state index contributed by atoms with van der Waals surface area (Å²) in [6, 6.07) is 9.39. The van der Waals surface area contributed by atoms with Gasteiger partial charge in [-0.15, -0.1) is 0 Å². The summed E-state index contributed by atoms with van der Waals surface area (Å²) >= 11 is 0. The van der Waals surface area contributed by atoms with E-state index >= 15 is 0 Å². The third-order valence-electron chi connectivity index (χ3n) is 5.91. The van der Waals surface area contributed by atoms with E-state index in [1.807, 2.05) is 42.3 Å². The number of anilines is 2. The molecule has 11 heteroatoms. The van der Waals surface area contributed by atoms with Crippen molar-refractivity contribution in [2.45, 2.75) is 32.0 Å². The average Bonchev–Trinajstić information content (AvgIpc) is 3.55. The van der Waals surface area contributed by atoms with E-state index in [4.69, 9.17) is 0 Å². The second kappa shape index (κ2) is 9.32. The molecule has 34 heavy (non-hydrogen) atoms. The number of likely N-dealkylation sites (N-methyl/N-ethyl adjacent to an activating group) is 1. The van der Waals surface area contributed by atoms with Gasteiger partial charge in [0.2, 0.25) is 6.41 Å². The Morgan fingerprint density at radius 1 is 1.26 bits per heavy atom. The number of hydrogen-bond donors (Lipinski definition) is 1. The summed E-state index contributed by atoms with van der Waals surface area (Å²) in [7, 11) is 1.90. The first-order chi connectivity index (χ1) is 16.2. The minimum absolute atomic E-state index is 0.0768. The van der Waals surface area contributed by atoms with Crippen LogP contribution in [0.4, 0.5) is 24.7 Å². The zero-order valence-electron chi connectivity index (χ0n) is 18.8. The van der Waals surface area contributed by atoms with Crippen LogP contribution in [0.25, 0.3) is 5.65 Å². The maximum atomic E-state index is 13.4. The van der Waals surface area contributed by atoms with Crippen molar-refractivity contribution < 1.29 is 22.8 Å². The molecule has 2 aromatic heterocycles. The van der Waals surface area contributed by atoms with E-state index in [0.29, 0.717) is 38.0 Å². The summed E-state index contributed by atoms with van der Waals surface area (Å²) in [5, 5.41) is 6.21. The van der Waals surface area contributed by atoms with Gasteiger partial charge in [0, 0.05) is 37.6 Å². The van der Waals surface area contributed by atoms with E-state index in [1.165, 1.54) is 15.6 Å². The normalized spacial score (nSPS) is 14.6. The van der Waals surface area contributed by atoms with E-state index in [9.17, 15) is 22.8 Å². The molecule has 1 unspecified atom stereocenters. The summed E-state index contributed by atoms with van der Waals surface area (Å²) in [6.07, 6.45) is -1.85. The number of hydrogen-bond acceptors (Lipinski definition) is 5. The second-order valence-corrected chi connectivity index (χ2v) is 8.44.